The molecule has 0 bridgehead atoms. The second-order valence-corrected chi connectivity index (χ2v) is 6.64. The molecule has 0 aliphatic carbocycles. The summed E-state index contributed by atoms with van der Waals surface area (Å²) in [4.78, 5) is 21.9. The van der Waals surface area contributed by atoms with Crippen LogP contribution in [0.2, 0.25) is 0 Å². The summed E-state index contributed by atoms with van der Waals surface area (Å²) in [6.45, 7) is 5.16. The van der Waals surface area contributed by atoms with Gasteiger partial charge >= 0.3 is 6.09 Å². The van der Waals surface area contributed by atoms with Crippen molar-refractivity contribution in [1.29, 1.82) is 0 Å². The smallest absolute Gasteiger partial charge is 0.407 e. The van der Waals surface area contributed by atoms with Crippen molar-refractivity contribution < 1.29 is 29.4 Å². The first-order valence-corrected chi connectivity index (χ1v) is 7.91. The summed E-state index contributed by atoms with van der Waals surface area (Å²) in [5, 5.41) is 33.9. The van der Waals surface area contributed by atoms with Crippen molar-refractivity contribution in [1.82, 2.24) is 5.32 Å². The van der Waals surface area contributed by atoms with Crippen molar-refractivity contribution in [2.45, 2.75) is 45.0 Å². The number of anilines is 1. The number of nitrogen functional groups attached to an aromatic ring is 1. The Bertz CT molecular complexity index is 658. The number of carbonyl (C=O) groups is 1. The van der Waals surface area contributed by atoms with Crippen LogP contribution in [0.3, 0.4) is 0 Å². The average molecular weight is 371 g/mol. The number of amides is 1. The van der Waals surface area contributed by atoms with Gasteiger partial charge in [-0.3, -0.25) is 10.1 Å². The van der Waals surface area contributed by atoms with E-state index in [0.717, 1.165) is 6.07 Å². The number of rotatable bonds is 7. The largest absolute Gasteiger partial charge is 0.496 e. The van der Waals surface area contributed by atoms with Gasteiger partial charge in [-0.05, 0) is 33.3 Å². The topological polar surface area (TPSA) is 157 Å². The Morgan fingerprint density at radius 1 is 1.38 bits per heavy atom. The van der Waals surface area contributed by atoms with Crippen LogP contribution in [-0.2, 0) is 4.74 Å². The molecule has 10 heteroatoms. The maximum absolute atomic E-state index is 11.5. The lowest BCUT2D eigenvalue weighted by Gasteiger charge is -2.22. The monoisotopic (exact) mass is 371 g/mol. The number of carbonyl (C=O) groups excluding carboxylic acids is 1. The highest BCUT2D eigenvalue weighted by Crippen LogP contribution is 2.35. The third-order valence-corrected chi connectivity index (χ3v) is 3.39. The summed E-state index contributed by atoms with van der Waals surface area (Å²) in [6.07, 6.45) is -3.50. The van der Waals surface area contributed by atoms with Gasteiger partial charge < -0.3 is 30.7 Å². The first-order chi connectivity index (χ1) is 12.0. The number of nitrogens with zero attached hydrogens (tertiary/aromatic N) is 1. The van der Waals surface area contributed by atoms with Crippen LogP contribution >= 0.6 is 0 Å². The highest BCUT2D eigenvalue weighted by molar-refractivity contribution is 5.68. The van der Waals surface area contributed by atoms with E-state index < -0.39 is 34.5 Å². The van der Waals surface area contributed by atoms with Gasteiger partial charge in [0.05, 0.1) is 24.2 Å². The fourth-order valence-corrected chi connectivity index (χ4v) is 2.15. The predicted octanol–water partition coefficient (Wildman–Crippen LogP) is 1.49. The van der Waals surface area contributed by atoms with E-state index in [1.165, 1.54) is 13.2 Å². The van der Waals surface area contributed by atoms with Crippen LogP contribution in [0.4, 0.5) is 16.2 Å². The van der Waals surface area contributed by atoms with Gasteiger partial charge in [-0.2, -0.15) is 0 Å². The Kier molecular flexibility index (Phi) is 7.16. The minimum atomic E-state index is -1.50. The van der Waals surface area contributed by atoms with Crippen LogP contribution in [-0.4, -0.2) is 46.6 Å². The molecule has 0 aliphatic rings. The molecule has 1 amide bonds. The molecule has 0 aromatic heterocycles. The normalized spacial score (nSPS) is 13.6. The zero-order chi connectivity index (χ0) is 20.1. The molecular formula is C16H25N3O7. The number of hydrogen-bond acceptors (Lipinski definition) is 8. The highest BCUT2D eigenvalue weighted by atomic mass is 16.6. The van der Waals surface area contributed by atoms with E-state index in [4.69, 9.17) is 15.2 Å². The van der Waals surface area contributed by atoms with Crippen LogP contribution < -0.4 is 15.8 Å². The lowest BCUT2D eigenvalue weighted by atomic mass is 9.99. The molecule has 10 nitrogen and oxygen atoms in total. The molecule has 0 saturated heterocycles. The van der Waals surface area contributed by atoms with Gasteiger partial charge in [0.2, 0.25) is 0 Å². The van der Waals surface area contributed by atoms with E-state index >= 15 is 0 Å². The molecule has 0 spiro atoms. The van der Waals surface area contributed by atoms with Gasteiger partial charge in [0, 0.05) is 12.1 Å². The Morgan fingerprint density at radius 3 is 2.50 bits per heavy atom. The molecule has 1 rings (SSSR count). The van der Waals surface area contributed by atoms with E-state index in [1.807, 2.05) is 0 Å². The number of alkyl carbamates (subject to hydrolysis) is 1. The molecule has 0 fully saturated rings. The van der Waals surface area contributed by atoms with Crippen molar-refractivity contribution in [3.8, 4) is 5.75 Å². The molecule has 26 heavy (non-hydrogen) atoms. The SMILES string of the molecule is COc1cc(C(O)C(O)CCNC(=O)OC(C)(C)C)c(N)c([N+](=O)[O-])c1. The van der Waals surface area contributed by atoms with Gasteiger partial charge in [0.1, 0.15) is 23.1 Å². The summed E-state index contributed by atoms with van der Waals surface area (Å²) in [7, 11) is 1.31. The van der Waals surface area contributed by atoms with E-state index in [9.17, 15) is 25.1 Å². The zero-order valence-electron chi connectivity index (χ0n) is 15.2. The summed E-state index contributed by atoms with van der Waals surface area (Å²) in [6, 6.07) is 2.44. The first kappa shape index (κ1) is 21.5. The number of aliphatic hydroxyl groups excluding tert-OH is 2. The highest BCUT2D eigenvalue weighted by Gasteiger charge is 2.27. The first-order valence-electron chi connectivity index (χ1n) is 7.91. The van der Waals surface area contributed by atoms with E-state index in [0.29, 0.717) is 0 Å². The number of nitro benzene ring substituents is 1. The minimum absolute atomic E-state index is 0.0230. The van der Waals surface area contributed by atoms with Gasteiger partial charge in [0.15, 0.2) is 0 Å². The summed E-state index contributed by atoms with van der Waals surface area (Å²) in [5.41, 5.74) is 4.36. The molecule has 2 unspecified atom stereocenters. The van der Waals surface area contributed by atoms with Crippen LogP contribution in [0, 0.1) is 10.1 Å². The zero-order valence-corrected chi connectivity index (χ0v) is 15.2. The third-order valence-electron chi connectivity index (χ3n) is 3.39. The number of nitro groups is 1. The van der Waals surface area contributed by atoms with E-state index in [2.05, 4.69) is 5.32 Å². The van der Waals surface area contributed by atoms with Crippen LogP contribution in [0.15, 0.2) is 12.1 Å². The van der Waals surface area contributed by atoms with E-state index in [1.54, 1.807) is 20.8 Å². The number of benzene rings is 1. The quantitative estimate of drug-likeness (QED) is 0.319. The van der Waals surface area contributed by atoms with Crippen molar-refractivity contribution in [2.24, 2.45) is 0 Å². The summed E-state index contributed by atoms with van der Waals surface area (Å²) < 4.78 is 10.0. The number of nitrogens with two attached hydrogens (primary N) is 1. The average Bonchev–Trinajstić information content (AvgIpc) is 2.52. The fraction of sp³-hybridized carbons (Fsp3) is 0.562. The van der Waals surface area contributed by atoms with Crippen LogP contribution in [0.25, 0.3) is 0 Å². The summed E-state index contributed by atoms with van der Waals surface area (Å²) in [5.74, 6) is 0.124. The molecule has 0 aliphatic heterocycles. The number of ether oxygens (including phenoxy) is 2. The van der Waals surface area contributed by atoms with Crippen molar-refractivity contribution in [2.75, 3.05) is 19.4 Å². The molecule has 146 valence electrons. The number of aliphatic hydroxyl groups is 2. The molecule has 1 aromatic rings. The lowest BCUT2D eigenvalue weighted by molar-refractivity contribution is -0.384. The maximum Gasteiger partial charge on any atom is 0.407 e. The minimum Gasteiger partial charge on any atom is -0.496 e. The molecule has 5 N–H and O–H groups in total. The Hall–Kier alpha value is -2.59. The van der Waals surface area contributed by atoms with Crippen LogP contribution in [0.1, 0.15) is 38.9 Å². The van der Waals surface area contributed by atoms with Crippen molar-refractivity contribution in [3.05, 3.63) is 27.8 Å². The van der Waals surface area contributed by atoms with Gasteiger partial charge in [-0.25, -0.2) is 4.79 Å². The Balaban J connectivity index is 2.79. The third kappa shape index (κ3) is 6.05. The molecule has 0 saturated carbocycles. The number of hydrogen-bond donors (Lipinski definition) is 4. The van der Waals surface area contributed by atoms with Crippen molar-refractivity contribution in [3.63, 3.8) is 0 Å². The Labute approximate surface area is 151 Å². The number of nitrogens with one attached hydrogen (secondary N) is 1. The molecule has 0 radical (unpaired) electrons. The Morgan fingerprint density at radius 2 is 2.00 bits per heavy atom. The predicted molar refractivity (Wildman–Crippen MR) is 93.9 cm³/mol. The summed E-state index contributed by atoms with van der Waals surface area (Å²) >= 11 is 0. The second kappa shape index (κ2) is 8.68. The van der Waals surface area contributed by atoms with Gasteiger partial charge in [-0.1, -0.05) is 0 Å². The van der Waals surface area contributed by atoms with Crippen LogP contribution in [0.5, 0.6) is 5.75 Å². The second-order valence-electron chi connectivity index (χ2n) is 6.64. The molecular weight excluding hydrogens is 346 g/mol. The van der Waals surface area contributed by atoms with Gasteiger partial charge in [0.25, 0.3) is 5.69 Å². The number of methoxy groups -OCH3 is 1. The molecule has 1 aromatic carbocycles. The molecule has 0 heterocycles. The van der Waals surface area contributed by atoms with E-state index in [-0.39, 0.29) is 30.0 Å². The molecule has 2 atom stereocenters. The maximum atomic E-state index is 11.5. The standard InChI is InChI=1S/C16H25N3O7/c1-16(2,3)26-15(22)18-6-5-12(20)14(21)10-7-9(25-4)8-11(13(10)17)19(23)24/h7-8,12,14,20-21H,5-6,17H2,1-4H3,(H,18,22). The fourth-order valence-electron chi connectivity index (χ4n) is 2.15. The lowest BCUT2D eigenvalue weighted by Crippen LogP contribution is -2.34. The van der Waals surface area contributed by atoms with Gasteiger partial charge in [-0.15, -0.1) is 0 Å². The van der Waals surface area contributed by atoms with Crippen molar-refractivity contribution >= 4 is 17.5 Å².